The summed E-state index contributed by atoms with van der Waals surface area (Å²) in [6, 6.07) is 16.9. The first-order chi connectivity index (χ1) is 17.7. The van der Waals surface area contributed by atoms with Gasteiger partial charge in [-0.3, -0.25) is 0 Å². The molecule has 11 heteroatoms. The number of halogens is 3. The Labute approximate surface area is 209 Å². The van der Waals surface area contributed by atoms with Gasteiger partial charge in [-0.25, -0.2) is 9.59 Å². The van der Waals surface area contributed by atoms with Crippen LogP contribution >= 0.6 is 0 Å². The number of amides is 2. The normalized spacial score (nSPS) is 15.3. The number of aromatic nitrogens is 2. The van der Waals surface area contributed by atoms with Gasteiger partial charge in [-0.15, -0.1) is 0 Å². The fourth-order valence-electron chi connectivity index (χ4n) is 4.66. The van der Waals surface area contributed by atoms with E-state index in [1.165, 1.54) is 12.3 Å². The van der Waals surface area contributed by atoms with Gasteiger partial charge in [-0.2, -0.15) is 23.0 Å². The lowest BCUT2D eigenvalue weighted by Gasteiger charge is -2.36. The minimum atomic E-state index is -4.43. The maximum absolute atomic E-state index is 13.2. The average Bonchev–Trinajstić information content (AvgIpc) is 3.29. The predicted octanol–water partition coefficient (Wildman–Crippen LogP) is 5.33. The Bertz CT molecular complexity index is 1480. The van der Waals surface area contributed by atoms with Gasteiger partial charge >= 0.3 is 18.3 Å². The number of carboxylic acid groups (broad SMARTS) is 1. The zero-order valence-corrected chi connectivity index (χ0v) is 19.4. The molecule has 1 unspecified atom stereocenters. The van der Waals surface area contributed by atoms with Crippen molar-refractivity contribution in [2.24, 2.45) is 0 Å². The Morgan fingerprint density at radius 2 is 1.84 bits per heavy atom. The molecule has 1 atom stereocenters. The fourth-order valence-corrected chi connectivity index (χ4v) is 4.66. The van der Waals surface area contributed by atoms with Crippen molar-refractivity contribution < 1.29 is 27.9 Å². The Balaban J connectivity index is 1.33. The molecule has 2 amide bonds. The molecule has 8 nitrogen and oxygen atoms in total. The zero-order chi connectivity index (χ0) is 26.2. The molecule has 1 aliphatic heterocycles. The third kappa shape index (κ3) is 5.06. The summed E-state index contributed by atoms with van der Waals surface area (Å²) in [5.74, 6) is 0. The van der Waals surface area contributed by atoms with Gasteiger partial charge in [0.1, 0.15) is 0 Å². The number of benzene rings is 3. The second-order valence-electron chi connectivity index (χ2n) is 8.78. The maximum atomic E-state index is 13.2. The molecule has 5 rings (SSSR count). The maximum Gasteiger partial charge on any atom is 0.432 e. The fraction of sp³-hybridized carbons (Fsp3) is 0.192. The van der Waals surface area contributed by atoms with Gasteiger partial charge in [0.25, 0.3) is 0 Å². The van der Waals surface area contributed by atoms with E-state index in [9.17, 15) is 27.9 Å². The minimum absolute atomic E-state index is 0.244. The monoisotopic (exact) mass is 509 g/mol. The SMILES string of the molecule is O=C(Nc1cccc2c1cnn2C(=O)O)NC1Cc2ccccc2N(Cc2cccc(C(F)(F)F)c2)C1. The van der Waals surface area contributed by atoms with E-state index in [0.717, 1.165) is 28.1 Å². The second kappa shape index (κ2) is 9.49. The van der Waals surface area contributed by atoms with Crippen molar-refractivity contribution in [2.45, 2.75) is 25.2 Å². The van der Waals surface area contributed by atoms with Crippen molar-refractivity contribution >= 4 is 34.4 Å². The first-order valence-corrected chi connectivity index (χ1v) is 11.5. The second-order valence-corrected chi connectivity index (χ2v) is 8.78. The number of carbonyl (C=O) groups is 2. The van der Waals surface area contributed by atoms with Crippen LogP contribution in [0.3, 0.4) is 0 Å². The highest BCUT2D eigenvalue weighted by Crippen LogP contribution is 2.32. The number of nitrogens with zero attached hydrogens (tertiary/aromatic N) is 3. The molecule has 0 aliphatic carbocycles. The lowest BCUT2D eigenvalue weighted by atomic mass is 9.97. The van der Waals surface area contributed by atoms with Gasteiger partial charge in [0.15, 0.2) is 0 Å². The van der Waals surface area contributed by atoms with E-state index in [2.05, 4.69) is 15.7 Å². The molecule has 0 saturated heterocycles. The topological polar surface area (TPSA) is 99.5 Å². The first kappa shape index (κ1) is 24.2. The number of anilines is 2. The van der Waals surface area contributed by atoms with Gasteiger partial charge in [-0.1, -0.05) is 36.4 Å². The Morgan fingerprint density at radius 3 is 2.62 bits per heavy atom. The van der Waals surface area contributed by atoms with Gasteiger partial charge in [0.2, 0.25) is 0 Å². The Morgan fingerprint density at radius 1 is 1.05 bits per heavy atom. The summed E-state index contributed by atoms with van der Waals surface area (Å²) in [7, 11) is 0. The molecule has 3 N–H and O–H groups in total. The molecule has 1 aliphatic rings. The zero-order valence-electron chi connectivity index (χ0n) is 19.4. The molecule has 0 bridgehead atoms. The van der Waals surface area contributed by atoms with Crippen LogP contribution in [0.5, 0.6) is 0 Å². The van der Waals surface area contributed by atoms with Crippen LogP contribution in [0.1, 0.15) is 16.7 Å². The highest BCUT2D eigenvalue weighted by Gasteiger charge is 2.31. The highest BCUT2D eigenvalue weighted by atomic mass is 19.4. The number of nitrogens with one attached hydrogen (secondary N) is 2. The molecule has 0 saturated carbocycles. The molecule has 4 aromatic rings. The summed E-state index contributed by atoms with van der Waals surface area (Å²) in [6.07, 6.45) is -3.75. The van der Waals surface area contributed by atoms with Gasteiger partial charge in [0, 0.05) is 24.2 Å². The largest absolute Gasteiger partial charge is 0.463 e. The van der Waals surface area contributed by atoms with Crippen LogP contribution in [0, 0.1) is 0 Å². The summed E-state index contributed by atoms with van der Waals surface area (Å²) in [6.45, 7) is 0.635. The Hall–Kier alpha value is -4.54. The van der Waals surface area contributed by atoms with Crippen molar-refractivity contribution in [1.82, 2.24) is 15.1 Å². The van der Waals surface area contributed by atoms with Crippen molar-refractivity contribution in [1.29, 1.82) is 0 Å². The van der Waals surface area contributed by atoms with E-state index in [4.69, 9.17) is 0 Å². The molecule has 1 aromatic heterocycles. The predicted molar refractivity (Wildman–Crippen MR) is 132 cm³/mol. The lowest BCUT2D eigenvalue weighted by Crippen LogP contribution is -2.49. The summed E-state index contributed by atoms with van der Waals surface area (Å²) >= 11 is 0. The van der Waals surface area contributed by atoms with E-state index in [0.29, 0.717) is 35.1 Å². The molecular weight excluding hydrogens is 487 g/mol. The highest BCUT2D eigenvalue weighted by molar-refractivity contribution is 6.02. The third-order valence-electron chi connectivity index (χ3n) is 6.25. The van der Waals surface area contributed by atoms with Crippen molar-refractivity contribution in [3.8, 4) is 0 Å². The standard InChI is InChI=1S/C26H22F3N5O3/c27-26(28,29)18-7-3-5-16(11-18)14-33-15-19(12-17-6-1-2-9-22(17)33)31-24(35)32-21-8-4-10-23-20(21)13-30-34(23)25(36)37/h1-11,13,19H,12,14-15H2,(H,36,37)(H2,31,32,35). The quantitative estimate of drug-likeness (QED) is 0.345. The molecule has 3 aromatic carbocycles. The molecule has 37 heavy (non-hydrogen) atoms. The first-order valence-electron chi connectivity index (χ1n) is 11.5. The van der Waals surface area contributed by atoms with Gasteiger partial charge in [-0.05, 0) is 47.9 Å². The number of alkyl halides is 3. The molecule has 0 spiro atoms. The van der Waals surface area contributed by atoms with Crippen LogP contribution in [0.15, 0.2) is 72.9 Å². The Kier molecular flexibility index (Phi) is 6.20. The summed E-state index contributed by atoms with van der Waals surface area (Å²) < 4.78 is 40.4. The molecule has 0 radical (unpaired) electrons. The number of rotatable bonds is 4. The smallest absolute Gasteiger partial charge is 0.432 e. The van der Waals surface area contributed by atoms with Crippen molar-refractivity contribution in [3.05, 3.63) is 89.6 Å². The van der Waals surface area contributed by atoms with E-state index < -0.39 is 23.9 Å². The van der Waals surface area contributed by atoms with Crippen LogP contribution < -0.4 is 15.5 Å². The summed E-state index contributed by atoms with van der Waals surface area (Å²) in [5.41, 5.74) is 2.42. The van der Waals surface area contributed by atoms with Crippen LogP contribution in [0.4, 0.5) is 34.1 Å². The number of para-hydroxylation sites is 1. The number of hydrogen-bond donors (Lipinski definition) is 3. The van der Waals surface area contributed by atoms with Crippen molar-refractivity contribution in [2.75, 3.05) is 16.8 Å². The van der Waals surface area contributed by atoms with Crippen LogP contribution in [-0.2, 0) is 19.1 Å². The van der Waals surface area contributed by atoms with E-state index in [1.54, 1.807) is 24.3 Å². The summed E-state index contributed by atoms with van der Waals surface area (Å²) in [5, 5.41) is 19.3. The number of fused-ring (bicyclic) bond motifs is 2. The van der Waals surface area contributed by atoms with E-state index in [-0.39, 0.29) is 12.6 Å². The van der Waals surface area contributed by atoms with Crippen LogP contribution in [0.2, 0.25) is 0 Å². The molecule has 190 valence electrons. The van der Waals surface area contributed by atoms with Gasteiger partial charge < -0.3 is 20.6 Å². The number of hydrogen-bond acceptors (Lipinski definition) is 4. The third-order valence-corrected chi connectivity index (χ3v) is 6.25. The van der Waals surface area contributed by atoms with Crippen molar-refractivity contribution in [3.63, 3.8) is 0 Å². The van der Waals surface area contributed by atoms with E-state index in [1.807, 2.05) is 29.2 Å². The number of carbonyl (C=O) groups excluding carboxylic acids is 1. The van der Waals surface area contributed by atoms with Crippen LogP contribution in [0.25, 0.3) is 10.9 Å². The van der Waals surface area contributed by atoms with Gasteiger partial charge in [0.05, 0.1) is 29.0 Å². The minimum Gasteiger partial charge on any atom is -0.463 e. The molecule has 2 heterocycles. The summed E-state index contributed by atoms with van der Waals surface area (Å²) in [4.78, 5) is 26.2. The molecule has 0 fully saturated rings. The lowest BCUT2D eigenvalue weighted by molar-refractivity contribution is -0.137. The average molecular weight is 509 g/mol. The van der Waals surface area contributed by atoms with Crippen LogP contribution in [-0.4, -0.2) is 39.6 Å². The van der Waals surface area contributed by atoms with E-state index >= 15 is 0 Å². The number of urea groups is 1. The molecular formula is C26H22F3N5O3.